The Hall–Kier alpha value is -0.120. The van der Waals surface area contributed by atoms with Gasteiger partial charge in [0.1, 0.15) is 0 Å². The normalized spacial score (nSPS) is 39.8. The van der Waals surface area contributed by atoms with E-state index in [1.54, 1.807) is 0 Å². The SMILES string of the molecule is CC1(C)CCC(OCC2CCOC2)C1O. The molecule has 3 unspecified atom stereocenters. The summed E-state index contributed by atoms with van der Waals surface area (Å²) in [5.74, 6) is 0.543. The maximum absolute atomic E-state index is 10.0. The number of hydrogen-bond donors (Lipinski definition) is 1. The van der Waals surface area contributed by atoms with Gasteiger partial charge in [0.05, 0.1) is 25.4 Å². The second kappa shape index (κ2) is 4.40. The van der Waals surface area contributed by atoms with Gasteiger partial charge in [-0.15, -0.1) is 0 Å². The zero-order valence-electron chi connectivity index (χ0n) is 9.74. The Balaban J connectivity index is 1.75. The van der Waals surface area contributed by atoms with Crippen LogP contribution in [0.4, 0.5) is 0 Å². The Labute approximate surface area is 91.8 Å². The predicted molar refractivity (Wildman–Crippen MR) is 57.7 cm³/mol. The first-order chi connectivity index (χ1) is 7.09. The number of ether oxygens (including phenoxy) is 2. The van der Waals surface area contributed by atoms with Crippen molar-refractivity contribution in [1.82, 2.24) is 0 Å². The Morgan fingerprint density at radius 3 is 2.73 bits per heavy atom. The quantitative estimate of drug-likeness (QED) is 0.775. The molecular formula is C12H22O3. The zero-order chi connectivity index (χ0) is 10.9. The molecule has 1 saturated heterocycles. The molecule has 0 radical (unpaired) electrons. The third-order valence-electron chi connectivity index (χ3n) is 3.80. The predicted octanol–water partition coefficient (Wildman–Crippen LogP) is 1.59. The highest BCUT2D eigenvalue weighted by Gasteiger charge is 2.41. The smallest absolute Gasteiger partial charge is 0.0852 e. The second-order valence-corrected chi connectivity index (χ2v) is 5.57. The van der Waals surface area contributed by atoms with Gasteiger partial charge in [-0.3, -0.25) is 0 Å². The van der Waals surface area contributed by atoms with E-state index in [-0.39, 0.29) is 17.6 Å². The van der Waals surface area contributed by atoms with E-state index in [0.29, 0.717) is 5.92 Å². The molecule has 2 aliphatic rings. The Morgan fingerprint density at radius 1 is 1.40 bits per heavy atom. The lowest BCUT2D eigenvalue weighted by molar-refractivity contribution is -0.0596. The lowest BCUT2D eigenvalue weighted by Crippen LogP contribution is -2.33. The van der Waals surface area contributed by atoms with Gasteiger partial charge in [-0.25, -0.2) is 0 Å². The summed E-state index contributed by atoms with van der Waals surface area (Å²) < 4.78 is 11.1. The maximum Gasteiger partial charge on any atom is 0.0852 e. The Bertz CT molecular complexity index is 209. The van der Waals surface area contributed by atoms with Gasteiger partial charge in [-0.1, -0.05) is 13.8 Å². The van der Waals surface area contributed by atoms with Gasteiger partial charge < -0.3 is 14.6 Å². The average Bonchev–Trinajstić information content (AvgIpc) is 2.76. The van der Waals surface area contributed by atoms with E-state index in [1.807, 2.05) is 0 Å². The van der Waals surface area contributed by atoms with Crippen molar-refractivity contribution < 1.29 is 14.6 Å². The standard InChI is InChI=1S/C12H22O3/c1-12(2)5-3-10(11(12)13)15-8-9-4-6-14-7-9/h9-11,13H,3-8H2,1-2H3. The molecule has 3 nitrogen and oxygen atoms in total. The van der Waals surface area contributed by atoms with Crippen LogP contribution in [0.5, 0.6) is 0 Å². The molecule has 1 N–H and O–H groups in total. The molecule has 0 amide bonds. The Morgan fingerprint density at radius 2 is 2.20 bits per heavy atom. The van der Waals surface area contributed by atoms with Crippen molar-refractivity contribution in [3.63, 3.8) is 0 Å². The van der Waals surface area contributed by atoms with Gasteiger partial charge >= 0.3 is 0 Å². The average molecular weight is 214 g/mol. The van der Waals surface area contributed by atoms with Gasteiger partial charge in [-0.05, 0) is 24.7 Å². The molecule has 2 fully saturated rings. The van der Waals surface area contributed by atoms with E-state index < -0.39 is 0 Å². The summed E-state index contributed by atoms with van der Waals surface area (Å²) in [7, 11) is 0. The molecule has 1 saturated carbocycles. The fourth-order valence-electron chi connectivity index (χ4n) is 2.47. The van der Waals surface area contributed by atoms with Crippen molar-refractivity contribution in [1.29, 1.82) is 0 Å². The number of aliphatic hydroxyl groups excluding tert-OH is 1. The van der Waals surface area contributed by atoms with Gasteiger partial charge in [0.2, 0.25) is 0 Å². The maximum atomic E-state index is 10.0. The lowest BCUT2D eigenvalue weighted by atomic mass is 9.89. The Kier molecular flexibility index (Phi) is 3.33. The van der Waals surface area contributed by atoms with Gasteiger partial charge in [0, 0.05) is 12.5 Å². The number of hydrogen-bond acceptors (Lipinski definition) is 3. The lowest BCUT2D eigenvalue weighted by Gasteiger charge is -2.26. The van der Waals surface area contributed by atoms with Crippen LogP contribution in [0.2, 0.25) is 0 Å². The second-order valence-electron chi connectivity index (χ2n) is 5.57. The van der Waals surface area contributed by atoms with Crippen LogP contribution < -0.4 is 0 Å². The van der Waals surface area contributed by atoms with Crippen molar-refractivity contribution in [2.24, 2.45) is 11.3 Å². The zero-order valence-corrected chi connectivity index (χ0v) is 9.74. The van der Waals surface area contributed by atoms with E-state index in [9.17, 15) is 5.11 Å². The molecule has 3 atom stereocenters. The third-order valence-corrected chi connectivity index (χ3v) is 3.80. The molecule has 0 aromatic rings. The van der Waals surface area contributed by atoms with Crippen LogP contribution in [-0.4, -0.2) is 37.1 Å². The minimum absolute atomic E-state index is 0.0246. The van der Waals surface area contributed by atoms with Crippen molar-refractivity contribution in [3.8, 4) is 0 Å². The molecule has 15 heavy (non-hydrogen) atoms. The minimum atomic E-state index is -0.306. The molecule has 1 aliphatic carbocycles. The van der Waals surface area contributed by atoms with E-state index in [4.69, 9.17) is 9.47 Å². The molecular weight excluding hydrogens is 192 g/mol. The van der Waals surface area contributed by atoms with Crippen LogP contribution in [-0.2, 0) is 9.47 Å². The molecule has 0 bridgehead atoms. The summed E-state index contributed by atoms with van der Waals surface area (Å²) in [5.41, 5.74) is 0.0246. The first kappa shape index (κ1) is 11.4. The van der Waals surface area contributed by atoms with Crippen LogP contribution in [0, 0.1) is 11.3 Å². The van der Waals surface area contributed by atoms with Crippen LogP contribution in [0.15, 0.2) is 0 Å². The van der Waals surface area contributed by atoms with Gasteiger partial charge in [-0.2, -0.15) is 0 Å². The van der Waals surface area contributed by atoms with Crippen molar-refractivity contribution in [2.75, 3.05) is 19.8 Å². The fourth-order valence-corrected chi connectivity index (χ4v) is 2.47. The summed E-state index contributed by atoms with van der Waals surface area (Å²) in [6.07, 6.45) is 2.88. The molecule has 2 rings (SSSR count). The first-order valence-corrected chi connectivity index (χ1v) is 5.97. The largest absolute Gasteiger partial charge is 0.390 e. The van der Waals surface area contributed by atoms with Crippen LogP contribution in [0.1, 0.15) is 33.1 Å². The van der Waals surface area contributed by atoms with Crippen molar-refractivity contribution in [3.05, 3.63) is 0 Å². The van der Waals surface area contributed by atoms with Crippen LogP contribution >= 0.6 is 0 Å². The molecule has 88 valence electrons. The fraction of sp³-hybridized carbons (Fsp3) is 1.00. The van der Waals surface area contributed by atoms with Gasteiger partial charge in [0.15, 0.2) is 0 Å². The molecule has 1 aliphatic heterocycles. The highest BCUT2D eigenvalue weighted by molar-refractivity contribution is 4.92. The van der Waals surface area contributed by atoms with Gasteiger partial charge in [0.25, 0.3) is 0 Å². The summed E-state index contributed by atoms with van der Waals surface area (Å²) in [6.45, 7) is 6.66. The highest BCUT2D eigenvalue weighted by atomic mass is 16.5. The monoisotopic (exact) mass is 214 g/mol. The minimum Gasteiger partial charge on any atom is -0.390 e. The summed E-state index contributed by atoms with van der Waals surface area (Å²) in [5, 5.41) is 10.0. The van der Waals surface area contributed by atoms with Crippen molar-refractivity contribution >= 4 is 0 Å². The van der Waals surface area contributed by atoms with E-state index in [1.165, 1.54) is 0 Å². The summed E-state index contributed by atoms with van der Waals surface area (Å²) in [6, 6.07) is 0. The molecule has 0 aromatic heterocycles. The molecule has 3 heteroatoms. The third kappa shape index (κ3) is 2.52. The van der Waals surface area contributed by atoms with Crippen LogP contribution in [0.25, 0.3) is 0 Å². The van der Waals surface area contributed by atoms with E-state index in [0.717, 1.165) is 39.1 Å². The number of aliphatic hydroxyl groups is 1. The van der Waals surface area contributed by atoms with Crippen molar-refractivity contribution in [2.45, 2.75) is 45.3 Å². The van der Waals surface area contributed by atoms with E-state index in [2.05, 4.69) is 13.8 Å². The summed E-state index contributed by atoms with van der Waals surface area (Å²) in [4.78, 5) is 0. The first-order valence-electron chi connectivity index (χ1n) is 5.97. The number of rotatable bonds is 3. The molecule has 0 spiro atoms. The highest BCUT2D eigenvalue weighted by Crippen LogP contribution is 2.39. The molecule has 1 heterocycles. The summed E-state index contributed by atoms with van der Waals surface area (Å²) >= 11 is 0. The van der Waals surface area contributed by atoms with E-state index >= 15 is 0 Å². The molecule has 0 aromatic carbocycles. The topological polar surface area (TPSA) is 38.7 Å². The van der Waals surface area contributed by atoms with Crippen LogP contribution in [0.3, 0.4) is 0 Å².